The maximum absolute atomic E-state index is 15.8. The number of cyclic esters (lactones) is 1. The fraction of sp³-hybridized carbons (Fsp3) is 0.147. The highest BCUT2D eigenvalue weighted by Gasteiger charge is 2.56. The van der Waals surface area contributed by atoms with Gasteiger partial charge in [-0.15, -0.1) is 0 Å². The second kappa shape index (κ2) is 31.1. The number of aldehydes is 1. The first-order valence-electron chi connectivity index (χ1n) is 33.9. The molecule has 0 aromatic heterocycles. The number of aromatic hydroxyl groups is 25. The number of fused-ring (bicyclic) bond motifs is 9. The number of carbonyl (C=O) groups is 10. The highest BCUT2D eigenvalue weighted by molar-refractivity contribution is 6.11. The lowest BCUT2D eigenvalue weighted by Crippen LogP contribution is -2.63. The molecule has 1 fully saturated rings. The Balaban J connectivity index is 1.10. The fourth-order valence-corrected chi connectivity index (χ4v) is 12.8. The van der Waals surface area contributed by atoms with Gasteiger partial charge in [0.05, 0.1) is 38.9 Å². The van der Waals surface area contributed by atoms with Crippen molar-refractivity contribution in [3.63, 3.8) is 0 Å². The monoisotopic (exact) mass is 1720 g/mol. The van der Waals surface area contributed by atoms with Gasteiger partial charge in [0.25, 0.3) is 0 Å². The predicted molar refractivity (Wildman–Crippen MR) is 380 cm³/mol. The van der Waals surface area contributed by atoms with Crippen LogP contribution in [0.2, 0.25) is 0 Å². The van der Waals surface area contributed by atoms with Crippen molar-refractivity contribution in [2.45, 2.75) is 55.1 Å². The minimum atomic E-state index is -3.17. The molecule has 0 spiro atoms. The molecule has 640 valence electrons. The van der Waals surface area contributed by atoms with Crippen LogP contribution >= 0.6 is 0 Å². The van der Waals surface area contributed by atoms with Gasteiger partial charge in [-0.2, -0.15) is 0 Å². The molecule has 9 atom stereocenters. The van der Waals surface area contributed by atoms with Crippen LogP contribution in [0.3, 0.4) is 0 Å². The first-order chi connectivity index (χ1) is 57.9. The van der Waals surface area contributed by atoms with Crippen molar-refractivity contribution >= 4 is 60.0 Å². The number of benzene rings is 9. The summed E-state index contributed by atoms with van der Waals surface area (Å²) in [4.78, 5) is 149. The molecule has 48 heteroatoms. The van der Waals surface area contributed by atoms with Crippen molar-refractivity contribution in [1.29, 1.82) is 0 Å². The number of phenols is 25. The molecule has 1 saturated heterocycles. The summed E-state index contributed by atoms with van der Waals surface area (Å²) < 4.78 is 67.7. The molecular formula is C75H52O48. The van der Waals surface area contributed by atoms with E-state index in [1.807, 2.05) is 0 Å². The standard InChI is InChI=1S/C75H52O48/c76-13-38-62(119-66(103)16-1-25(77)44(88)26(78)2-16)61-35(87)14-112-70(107)21-11-36(51(95)55(99)42(21)41-20(71(108)118-61)8-32(84)48(92)54(41)98)114-60-24(10-34(86)50(94)58(60)102)74(111)123-75-65(122-68(105)18-5-29(81)46(90)30(82)6-18)64(121-67(104)17-3-27(79)45(89)28(80)4-17)63-39(117-75)15-113-69(106)19-7-31(83)47(91)53(97)40(19)43-22(72(109)120-63)12-37(52(96)56(43)100)115-59-23(73(110)116-38)9-33(85)49(93)57(59)101/h1-13,35,38-39,61-65,75,77-102H,14-15H2/t35-,38+,39+,61-,62-,63-,64+,65+,75-/m1/s1. The highest BCUT2D eigenvalue weighted by atomic mass is 16.8. The first-order valence-corrected chi connectivity index (χ1v) is 33.9. The van der Waals surface area contributed by atoms with Gasteiger partial charge in [-0.1, -0.05) is 0 Å². The second-order valence-electron chi connectivity index (χ2n) is 26.3. The van der Waals surface area contributed by atoms with Crippen LogP contribution in [-0.2, 0) is 52.2 Å². The van der Waals surface area contributed by atoms with Crippen LogP contribution < -0.4 is 9.47 Å². The van der Waals surface area contributed by atoms with Gasteiger partial charge in [0.1, 0.15) is 36.5 Å². The minimum absolute atomic E-state index is 0.0548. The minimum Gasteiger partial charge on any atom is -0.504 e. The summed E-state index contributed by atoms with van der Waals surface area (Å²) in [5.41, 5.74) is -18.4. The van der Waals surface area contributed by atoms with E-state index in [0.29, 0.717) is 36.4 Å². The van der Waals surface area contributed by atoms with Crippen LogP contribution in [0, 0.1) is 0 Å². The average molecular weight is 1720 g/mol. The van der Waals surface area contributed by atoms with Crippen LogP contribution in [-0.4, -0.2) is 261 Å². The lowest BCUT2D eigenvalue weighted by atomic mass is 9.91. The van der Waals surface area contributed by atoms with E-state index in [0.717, 1.165) is 0 Å². The van der Waals surface area contributed by atoms with E-state index >= 15 is 19.2 Å². The van der Waals surface area contributed by atoms with Gasteiger partial charge >= 0.3 is 53.7 Å². The third kappa shape index (κ3) is 14.5. The SMILES string of the molecule is O=C[C@@H]1OC(=O)c2cc(O)c(O)c(O)c2Oc2cc3c(c(O)c2O)-c2c(cc(O)c(O)c2O)C(=O)OC[C@@H]2O[C@H](OC(=O)c4cc(O)c(O)c(O)c4Oc4cc5c(c(O)c4O)-c4c(cc(O)c(O)c4O)C(=O)O[C@@H]([C@@H]1OC(=O)c1cc(O)c(O)c(O)c1)[C@H](O)COC5=O)[C@@H](OC(=O)c1cc(O)c(O)c(O)c1)[C@@H](OC(=O)c1cc(O)c(O)c(O)c1)[C@@H]2OC3=O. The molecule has 5 aliphatic heterocycles. The Labute approximate surface area is 675 Å². The van der Waals surface area contributed by atoms with E-state index in [1.54, 1.807) is 0 Å². The predicted octanol–water partition coefficient (Wildman–Crippen LogP) is 2.99. The lowest BCUT2D eigenvalue weighted by molar-refractivity contribution is -0.282. The number of ether oxygens (including phenoxy) is 12. The number of phenolic OH excluding ortho intramolecular Hbond substituents is 25. The summed E-state index contributed by atoms with van der Waals surface area (Å²) >= 11 is 0. The maximum Gasteiger partial charge on any atom is 0.344 e. The normalized spacial score (nSPS) is 19.5. The molecule has 5 aliphatic rings. The molecule has 8 bridgehead atoms. The zero-order valence-corrected chi connectivity index (χ0v) is 60.2. The van der Waals surface area contributed by atoms with Crippen molar-refractivity contribution < 1.29 is 238 Å². The average Bonchev–Trinajstić information content (AvgIpc) is 1.72. The van der Waals surface area contributed by atoms with E-state index in [4.69, 9.17) is 56.8 Å². The maximum atomic E-state index is 15.8. The van der Waals surface area contributed by atoms with Crippen molar-refractivity contribution in [3.8, 4) is 189 Å². The molecule has 26 N–H and O–H groups in total. The third-order valence-electron chi connectivity index (χ3n) is 18.8. The van der Waals surface area contributed by atoms with Gasteiger partial charge in [-0.05, 0) is 48.5 Å². The van der Waals surface area contributed by atoms with Gasteiger partial charge < -0.3 is 190 Å². The molecule has 9 aromatic rings. The van der Waals surface area contributed by atoms with Crippen molar-refractivity contribution in [1.82, 2.24) is 0 Å². The molecule has 48 nitrogen and oxygen atoms in total. The third-order valence-corrected chi connectivity index (χ3v) is 18.8. The largest absolute Gasteiger partial charge is 0.504 e. The second-order valence-corrected chi connectivity index (χ2v) is 26.3. The van der Waals surface area contributed by atoms with E-state index in [2.05, 4.69) is 0 Å². The molecule has 5 heterocycles. The van der Waals surface area contributed by atoms with Crippen LogP contribution in [0.5, 0.6) is 167 Å². The topological polar surface area (TPSA) is 807 Å². The van der Waals surface area contributed by atoms with Crippen LogP contribution in [0.1, 0.15) is 93.2 Å². The fourth-order valence-electron chi connectivity index (χ4n) is 12.8. The zero-order valence-electron chi connectivity index (χ0n) is 60.2. The first kappa shape index (κ1) is 83.3. The van der Waals surface area contributed by atoms with E-state index in [9.17, 15) is 162 Å². The van der Waals surface area contributed by atoms with Crippen molar-refractivity contribution in [2.24, 2.45) is 0 Å². The van der Waals surface area contributed by atoms with Crippen molar-refractivity contribution in [3.05, 3.63) is 123 Å². The Morgan fingerprint density at radius 1 is 0.309 bits per heavy atom. The number of aliphatic hydroxyl groups is 1. The van der Waals surface area contributed by atoms with Gasteiger partial charge in [0, 0.05) is 46.5 Å². The Hall–Kier alpha value is -17.6. The molecule has 0 radical (unpaired) electrons. The Morgan fingerprint density at radius 3 is 1.01 bits per heavy atom. The van der Waals surface area contributed by atoms with Gasteiger partial charge in [-0.25, -0.2) is 43.2 Å². The molecule has 0 amide bonds. The Bertz CT molecular complexity index is 6050. The smallest absolute Gasteiger partial charge is 0.344 e. The summed E-state index contributed by atoms with van der Waals surface area (Å²) in [6.07, 6.45) is -28.0. The summed E-state index contributed by atoms with van der Waals surface area (Å²) in [5, 5.41) is 291. The summed E-state index contributed by atoms with van der Waals surface area (Å²) in [5.74, 6) is -66.0. The molecule has 123 heavy (non-hydrogen) atoms. The van der Waals surface area contributed by atoms with Gasteiger partial charge in [0.2, 0.25) is 58.4 Å². The molecule has 14 rings (SSSR count). The van der Waals surface area contributed by atoms with Crippen LogP contribution in [0.15, 0.2) is 72.8 Å². The van der Waals surface area contributed by atoms with Gasteiger partial charge in [0.15, 0.2) is 158 Å². The summed E-state index contributed by atoms with van der Waals surface area (Å²) in [7, 11) is 0. The Morgan fingerprint density at radius 2 is 0.610 bits per heavy atom. The van der Waals surface area contributed by atoms with Crippen LogP contribution in [0.25, 0.3) is 22.3 Å². The number of aliphatic hydroxyl groups excluding tert-OH is 1. The molecule has 0 saturated carbocycles. The van der Waals surface area contributed by atoms with E-state index in [-0.39, 0.29) is 36.4 Å². The Kier molecular flexibility index (Phi) is 21.1. The molecule has 9 aromatic carbocycles. The van der Waals surface area contributed by atoms with Gasteiger partial charge in [-0.3, -0.25) is 4.79 Å². The quantitative estimate of drug-likeness (QED) is 0.0472. The summed E-state index contributed by atoms with van der Waals surface area (Å²) in [6.45, 7) is -3.47. The number of hydrogen-bond acceptors (Lipinski definition) is 48. The van der Waals surface area contributed by atoms with Crippen LogP contribution in [0.4, 0.5) is 0 Å². The summed E-state index contributed by atoms with van der Waals surface area (Å²) in [6, 6.07) is 2.83. The van der Waals surface area contributed by atoms with Crippen molar-refractivity contribution in [2.75, 3.05) is 13.2 Å². The number of rotatable bonds is 7. The van der Waals surface area contributed by atoms with E-state index in [1.165, 1.54) is 0 Å². The molecule has 0 unspecified atom stereocenters. The highest BCUT2D eigenvalue weighted by Crippen LogP contribution is 2.59. The zero-order chi connectivity index (χ0) is 89.7. The number of carbonyl (C=O) groups excluding carboxylic acids is 10. The number of esters is 9. The lowest BCUT2D eigenvalue weighted by Gasteiger charge is -2.43. The molecule has 0 aliphatic carbocycles. The number of hydrogen-bond donors (Lipinski definition) is 26. The molecular weight excluding hydrogens is 1670 g/mol. The van der Waals surface area contributed by atoms with E-state index < -0.39 is 367 Å².